The van der Waals surface area contributed by atoms with E-state index in [1.54, 1.807) is 6.33 Å². The number of carbonyl (C=O) groups excluding carboxylic acids is 1. The molecule has 1 aromatic rings. The Kier molecular flexibility index (Phi) is 2.01. The van der Waals surface area contributed by atoms with Crippen LogP contribution in [-0.2, 0) is 4.79 Å². The molecule has 2 N–H and O–H groups in total. The normalized spacial score (nSPS) is 28.8. The second-order valence-corrected chi connectivity index (χ2v) is 4.64. The molecule has 1 amide bonds. The van der Waals surface area contributed by atoms with Crippen molar-refractivity contribution in [1.29, 1.82) is 0 Å². The predicted molar refractivity (Wildman–Crippen MR) is 55.2 cm³/mol. The molecule has 0 aromatic carbocycles. The van der Waals surface area contributed by atoms with Crippen molar-refractivity contribution < 1.29 is 4.79 Å². The fourth-order valence-electron chi connectivity index (χ4n) is 2.00. The SMILES string of the molecule is O=C(NCC1CC1)C1C[C@H]1c1cnc[nH]1. The molecule has 2 aliphatic carbocycles. The number of aromatic nitrogens is 2. The number of rotatable bonds is 4. The van der Waals surface area contributed by atoms with Crippen LogP contribution in [0.5, 0.6) is 0 Å². The molecule has 80 valence electrons. The lowest BCUT2D eigenvalue weighted by Gasteiger charge is -2.02. The van der Waals surface area contributed by atoms with Crippen LogP contribution in [0.15, 0.2) is 12.5 Å². The number of nitrogens with one attached hydrogen (secondary N) is 2. The third kappa shape index (κ3) is 1.89. The van der Waals surface area contributed by atoms with Crippen LogP contribution >= 0.6 is 0 Å². The smallest absolute Gasteiger partial charge is 0.223 e. The van der Waals surface area contributed by atoms with Gasteiger partial charge in [-0.25, -0.2) is 4.98 Å². The lowest BCUT2D eigenvalue weighted by Crippen LogP contribution is -2.27. The van der Waals surface area contributed by atoms with Gasteiger partial charge in [-0.15, -0.1) is 0 Å². The molecule has 1 aromatic heterocycles. The summed E-state index contributed by atoms with van der Waals surface area (Å²) in [6.45, 7) is 0.880. The molecule has 0 saturated heterocycles. The molecular weight excluding hydrogens is 190 g/mol. The van der Waals surface area contributed by atoms with E-state index < -0.39 is 0 Å². The van der Waals surface area contributed by atoms with Crippen molar-refractivity contribution in [2.75, 3.05) is 6.54 Å². The maximum absolute atomic E-state index is 11.7. The summed E-state index contributed by atoms with van der Waals surface area (Å²) < 4.78 is 0. The van der Waals surface area contributed by atoms with Gasteiger partial charge in [-0.1, -0.05) is 0 Å². The van der Waals surface area contributed by atoms with Gasteiger partial charge in [-0.3, -0.25) is 4.79 Å². The Morgan fingerprint density at radius 3 is 3.13 bits per heavy atom. The van der Waals surface area contributed by atoms with Gasteiger partial charge in [0.2, 0.25) is 5.91 Å². The number of hydrogen-bond donors (Lipinski definition) is 2. The third-order valence-electron chi connectivity index (χ3n) is 3.31. The Bertz CT molecular complexity index is 356. The molecule has 0 spiro atoms. The number of carbonyl (C=O) groups is 1. The minimum absolute atomic E-state index is 0.184. The molecule has 1 unspecified atom stereocenters. The molecule has 0 aliphatic heterocycles. The maximum Gasteiger partial charge on any atom is 0.223 e. The fraction of sp³-hybridized carbons (Fsp3) is 0.636. The first-order valence-electron chi connectivity index (χ1n) is 5.60. The molecule has 3 rings (SSSR count). The van der Waals surface area contributed by atoms with Crippen molar-refractivity contribution in [3.63, 3.8) is 0 Å². The first-order valence-corrected chi connectivity index (χ1v) is 5.60. The number of aromatic amines is 1. The summed E-state index contributed by atoms with van der Waals surface area (Å²) in [5.74, 6) is 1.55. The highest BCUT2D eigenvalue weighted by atomic mass is 16.2. The van der Waals surface area contributed by atoms with E-state index in [0.717, 1.165) is 24.6 Å². The number of hydrogen-bond acceptors (Lipinski definition) is 2. The Hall–Kier alpha value is -1.32. The van der Waals surface area contributed by atoms with E-state index in [1.165, 1.54) is 12.8 Å². The van der Waals surface area contributed by atoms with E-state index in [1.807, 2.05) is 6.20 Å². The third-order valence-corrected chi connectivity index (χ3v) is 3.31. The Labute approximate surface area is 88.5 Å². The Morgan fingerprint density at radius 1 is 1.60 bits per heavy atom. The highest BCUT2D eigenvalue weighted by molar-refractivity contribution is 5.82. The van der Waals surface area contributed by atoms with Gasteiger partial charge >= 0.3 is 0 Å². The van der Waals surface area contributed by atoms with E-state index in [9.17, 15) is 4.79 Å². The summed E-state index contributed by atoms with van der Waals surface area (Å²) in [4.78, 5) is 18.7. The fourth-order valence-corrected chi connectivity index (χ4v) is 2.00. The topological polar surface area (TPSA) is 57.8 Å². The summed E-state index contributed by atoms with van der Waals surface area (Å²) >= 11 is 0. The molecule has 15 heavy (non-hydrogen) atoms. The predicted octanol–water partition coefficient (Wildman–Crippen LogP) is 1.04. The zero-order valence-electron chi connectivity index (χ0n) is 8.57. The van der Waals surface area contributed by atoms with E-state index in [2.05, 4.69) is 15.3 Å². The van der Waals surface area contributed by atoms with Gasteiger partial charge < -0.3 is 10.3 Å². The zero-order chi connectivity index (χ0) is 10.3. The van der Waals surface area contributed by atoms with E-state index in [4.69, 9.17) is 0 Å². The molecule has 4 heteroatoms. The van der Waals surface area contributed by atoms with Crippen LogP contribution < -0.4 is 5.32 Å². The van der Waals surface area contributed by atoms with Gasteiger partial charge in [0, 0.05) is 30.3 Å². The molecule has 0 radical (unpaired) electrons. The average molecular weight is 205 g/mol. The second-order valence-electron chi connectivity index (χ2n) is 4.64. The standard InChI is InChI=1S/C11H15N3O/c15-11(13-4-7-1-2-7)9-3-8(9)10-5-12-6-14-10/h5-9H,1-4H2,(H,12,14)(H,13,15)/t8-,9?/m1/s1. The quantitative estimate of drug-likeness (QED) is 0.771. The molecular formula is C11H15N3O. The first kappa shape index (κ1) is 8.95. The summed E-state index contributed by atoms with van der Waals surface area (Å²) in [5, 5.41) is 3.03. The molecule has 1 heterocycles. The molecule has 4 nitrogen and oxygen atoms in total. The molecule has 2 aliphatic rings. The maximum atomic E-state index is 11.7. The van der Waals surface area contributed by atoms with Gasteiger partial charge in [-0.2, -0.15) is 0 Å². The van der Waals surface area contributed by atoms with Crippen LogP contribution in [0, 0.1) is 11.8 Å². The van der Waals surface area contributed by atoms with Crippen molar-refractivity contribution in [1.82, 2.24) is 15.3 Å². The first-order chi connectivity index (χ1) is 7.34. The minimum atomic E-state index is 0.184. The van der Waals surface area contributed by atoms with Crippen molar-refractivity contribution in [2.45, 2.75) is 25.2 Å². The summed E-state index contributed by atoms with van der Waals surface area (Å²) in [7, 11) is 0. The van der Waals surface area contributed by atoms with Gasteiger partial charge in [0.15, 0.2) is 0 Å². The van der Waals surface area contributed by atoms with E-state index >= 15 is 0 Å². The zero-order valence-corrected chi connectivity index (χ0v) is 8.57. The summed E-state index contributed by atoms with van der Waals surface area (Å²) in [6.07, 6.45) is 7.04. The summed E-state index contributed by atoms with van der Waals surface area (Å²) in [6, 6.07) is 0. The lowest BCUT2D eigenvalue weighted by atomic mass is 10.2. The van der Waals surface area contributed by atoms with Crippen molar-refractivity contribution in [2.24, 2.45) is 11.8 Å². The number of amides is 1. The van der Waals surface area contributed by atoms with E-state index in [-0.39, 0.29) is 11.8 Å². The molecule has 2 saturated carbocycles. The number of H-pyrrole nitrogens is 1. The molecule has 2 atom stereocenters. The Balaban J connectivity index is 1.50. The summed E-state index contributed by atoms with van der Waals surface area (Å²) in [5.41, 5.74) is 1.10. The van der Waals surface area contributed by atoms with Crippen molar-refractivity contribution in [3.8, 4) is 0 Å². The van der Waals surface area contributed by atoms with Crippen molar-refractivity contribution in [3.05, 3.63) is 18.2 Å². The van der Waals surface area contributed by atoms with Gasteiger partial charge in [0.05, 0.1) is 6.33 Å². The monoisotopic (exact) mass is 205 g/mol. The van der Waals surface area contributed by atoms with Crippen molar-refractivity contribution >= 4 is 5.91 Å². The van der Waals surface area contributed by atoms with Gasteiger partial charge in [0.25, 0.3) is 0 Å². The van der Waals surface area contributed by atoms with Crippen LogP contribution in [0.1, 0.15) is 30.9 Å². The van der Waals surface area contributed by atoms with Crippen LogP contribution in [0.25, 0.3) is 0 Å². The van der Waals surface area contributed by atoms with Gasteiger partial charge in [0.1, 0.15) is 0 Å². The highest BCUT2D eigenvalue weighted by Crippen LogP contribution is 2.46. The average Bonchev–Trinajstić information content (AvgIpc) is 3.16. The number of nitrogens with zero attached hydrogens (tertiary/aromatic N) is 1. The second kappa shape index (κ2) is 3.36. The van der Waals surface area contributed by atoms with Gasteiger partial charge in [-0.05, 0) is 25.2 Å². The van der Waals surface area contributed by atoms with Crippen LogP contribution in [0.2, 0.25) is 0 Å². The largest absolute Gasteiger partial charge is 0.356 e. The molecule has 2 fully saturated rings. The van der Waals surface area contributed by atoms with Crippen LogP contribution in [0.3, 0.4) is 0 Å². The van der Waals surface area contributed by atoms with Crippen LogP contribution in [0.4, 0.5) is 0 Å². The highest BCUT2D eigenvalue weighted by Gasteiger charge is 2.44. The van der Waals surface area contributed by atoms with E-state index in [0.29, 0.717) is 5.92 Å². The lowest BCUT2D eigenvalue weighted by molar-refractivity contribution is -0.122. The minimum Gasteiger partial charge on any atom is -0.356 e. The molecule has 0 bridgehead atoms. The number of imidazole rings is 1. The van der Waals surface area contributed by atoms with Crippen LogP contribution in [-0.4, -0.2) is 22.4 Å². The Morgan fingerprint density at radius 2 is 2.47 bits per heavy atom.